The van der Waals surface area contributed by atoms with E-state index in [1.165, 1.54) is 0 Å². The number of pyridine rings is 1. The third-order valence-electron chi connectivity index (χ3n) is 4.40. The molecule has 0 radical (unpaired) electrons. The molecule has 1 amide bonds. The first kappa shape index (κ1) is 17.0. The number of imidazole rings is 1. The van der Waals surface area contributed by atoms with Crippen LogP contribution >= 0.6 is 0 Å². The lowest BCUT2D eigenvalue weighted by Crippen LogP contribution is -2.34. The van der Waals surface area contributed by atoms with E-state index in [0.717, 1.165) is 43.0 Å². The van der Waals surface area contributed by atoms with Gasteiger partial charge in [0.15, 0.2) is 0 Å². The van der Waals surface area contributed by atoms with Gasteiger partial charge in [-0.25, -0.2) is 4.98 Å². The number of nitrogens with zero attached hydrogens (tertiary/aromatic N) is 3. The Bertz CT molecular complexity index is 709. The van der Waals surface area contributed by atoms with Crippen molar-refractivity contribution in [2.45, 2.75) is 54.4 Å². The third kappa shape index (κ3) is 4.37. The van der Waals surface area contributed by atoms with Gasteiger partial charge < -0.3 is 9.30 Å². The highest BCUT2D eigenvalue weighted by molar-refractivity contribution is 5.94. The van der Waals surface area contributed by atoms with Crippen LogP contribution in [0.4, 0.5) is 0 Å². The predicted molar refractivity (Wildman–Crippen MR) is 99.5 cm³/mol. The molecule has 2 rings (SSSR count). The molecular weight excluding hydrogens is 298 g/mol. The van der Waals surface area contributed by atoms with Gasteiger partial charge in [0, 0.05) is 26.4 Å². The number of fused-ring (bicyclic) bond motifs is 1. The molecule has 0 fully saturated rings. The Morgan fingerprint density at radius 2 is 1.83 bits per heavy atom. The van der Waals surface area contributed by atoms with Gasteiger partial charge in [-0.1, -0.05) is 27.7 Å². The maximum absolute atomic E-state index is 13.1. The summed E-state index contributed by atoms with van der Waals surface area (Å²) in [5.41, 5.74) is 3.18. The summed E-state index contributed by atoms with van der Waals surface area (Å²) >= 11 is 0. The summed E-state index contributed by atoms with van der Waals surface area (Å²) in [7, 11) is 0. The lowest BCUT2D eigenvalue weighted by atomic mass is 10.1. The smallest absolute Gasteiger partial charge is 0.255 e. The van der Waals surface area contributed by atoms with Crippen LogP contribution in [0, 0.1) is 25.7 Å². The van der Waals surface area contributed by atoms with Crippen molar-refractivity contribution in [3.63, 3.8) is 0 Å². The van der Waals surface area contributed by atoms with Crippen molar-refractivity contribution in [2.24, 2.45) is 11.8 Å². The second-order valence-electron chi connectivity index (χ2n) is 7.45. The number of rotatable bonds is 7. The van der Waals surface area contributed by atoms with Gasteiger partial charge in [0.25, 0.3) is 5.91 Å². The Morgan fingerprint density at radius 1 is 1.21 bits per heavy atom. The normalized spacial score (nSPS) is 12.2. The summed E-state index contributed by atoms with van der Waals surface area (Å²) in [4.78, 5) is 19.5. The van der Waals surface area contributed by atoms with Crippen LogP contribution in [-0.4, -0.2) is 33.3 Å². The summed E-state index contributed by atoms with van der Waals surface area (Å²) in [5, 5.41) is 0. The second-order valence-corrected chi connectivity index (χ2v) is 7.45. The number of hydrogen-bond donors (Lipinski definition) is 0. The fourth-order valence-electron chi connectivity index (χ4n) is 2.66. The van der Waals surface area contributed by atoms with E-state index in [1.807, 2.05) is 34.6 Å². The molecule has 0 aromatic carbocycles. The van der Waals surface area contributed by atoms with E-state index in [4.69, 9.17) is 1.37 Å². The molecule has 0 atom stereocenters. The molecule has 0 unspecified atom stereocenters. The number of aromatic nitrogens is 2. The third-order valence-corrected chi connectivity index (χ3v) is 4.40. The molecule has 0 spiro atoms. The molecule has 0 aliphatic heterocycles. The van der Waals surface area contributed by atoms with Crippen LogP contribution in [0.5, 0.6) is 0 Å². The zero-order chi connectivity index (χ0) is 18.6. The molecule has 0 bridgehead atoms. The van der Waals surface area contributed by atoms with Crippen molar-refractivity contribution >= 4 is 11.6 Å². The van der Waals surface area contributed by atoms with Crippen molar-refractivity contribution in [2.75, 3.05) is 13.1 Å². The van der Waals surface area contributed by atoms with Gasteiger partial charge in [-0.05, 0) is 50.6 Å². The van der Waals surface area contributed by atoms with Crippen molar-refractivity contribution in [1.29, 1.82) is 0 Å². The van der Waals surface area contributed by atoms with Crippen molar-refractivity contribution in [1.82, 2.24) is 14.3 Å². The summed E-state index contributed by atoms with van der Waals surface area (Å²) in [5.74, 6) is 1.22. The summed E-state index contributed by atoms with van der Waals surface area (Å²) in [6.07, 6.45) is 3.86. The zero-order valence-electron chi connectivity index (χ0n) is 16.7. The molecule has 0 aliphatic carbocycles. The molecule has 4 nitrogen and oxygen atoms in total. The van der Waals surface area contributed by atoms with E-state index >= 15 is 0 Å². The molecule has 2 heterocycles. The quantitative estimate of drug-likeness (QED) is 0.750. The monoisotopic (exact) mass is 331 g/mol. The molecular formula is C20H31N3O. The van der Waals surface area contributed by atoms with Gasteiger partial charge in [-0.3, -0.25) is 4.79 Å². The number of hydrogen-bond acceptors (Lipinski definition) is 2. The number of carbonyl (C=O) groups is 1. The molecule has 0 saturated carbocycles. The molecule has 24 heavy (non-hydrogen) atoms. The minimum atomic E-state index is 0.0745. The van der Waals surface area contributed by atoms with E-state index in [9.17, 15) is 4.79 Å². The molecule has 4 heteroatoms. The van der Waals surface area contributed by atoms with E-state index in [1.54, 1.807) is 0 Å². The zero-order valence-corrected chi connectivity index (χ0v) is 15.7. The minimum absolute atomic E-state index is 0.0745. The lowest BCUT2D eigenvalue weighted by Gasteiger charge is -2.24. The summed E-state index contributed by atoms with van der Waals surface area (Å²) in [6, 6.07) is 3.73. The highest BCUT2D eigenvalue weighted by atomic mass is 16.2. The fourth-order valence-corrected chi connectivity index (χ4v) is 2.66. The van der Waals surface area contributed by atoms with Crippen LogP contribution in [0.2, 0.25) is 0 Å². The Labute approximate surface area is 147 Å². The predicted octanol–water partition coefficient (Wildman–Crippen LogP) is 4.49. The maximum Gasteiger partial charge on any atom is 0.255 e. The largest absolute Gasteiger partial charge is 0.339 e. The van der Waals surface area contributed by atoms with Crippen LogP contribution < -0.4 is 0 Å². The fraction of sp³-hybridized carbons (Fsp3) is 0.600. The second kappa shape index (κ2) is 7.82. The maximum atomic E-state index is 13.1. The number of carbonyl (C=O) groups excluding carboxylic acids is 1. The van der Waals surface area contributed by atoms with E-state index in [-0.39, 0.29) is 12.8 Å². The molecule has 132 valence electrons. The van der Waals surface area contributed by atoms with Crippen LogP contribution in [-0.2, 0) is 0 Å². The first-order chi connectivity index (χ1) is 11.8. The summed E-state index contributed by atoms with van der Waals surface area (Å²) < 4.78 is 9.60. The molecule has 2 aromatic heterocycles. The van der Waals surface area contributed by atoms with Gasteiger partial charge in [0.2, 0.25) is 0 Å². The Morgan fingerprint density at radius 3 is 2.38 bits per heavy atom. The van der Waals surface area contributed by atoms with E-state index in [0.29, 0.717) is 17.4 Å². The molecule has 0 saturated heterocycles. The highest BCUT2D eigenvalue weighted by Gasteiger charge is 2.18. The van der Waals surface area contributed by atoms with Crippen LogP contribution in [0.3, 0.4) is 0 Å². The Hall–Kier alpha value is -1.84. The standard InChI is InChI=1S/C20H31N3O/c1-14(2)9-11-22(12-10-15(3)4)20(24)18-7-8-19-21-16(5)17(6)23(19)13-18/h7-8,13-15H,9-12H2,1-6H3/i6T. The molecule has 0 aliphatic rings. The van der Waals surface area contributed by atoms with Crippen LogP contribution in [0.15, 0.2) is 18.3 Å². The first-order valence-electron chi connectivity index (χ1n) is 9.60. The SMILES string of the molecule is [3H]Cc1c(C)nc2ccc(C(=O)N(CCC(C)C)CCC(C)C)cn12. The minimum Gasteiger partial charge on any atom is -0.339 e. The van der Waals surface area contributed by atoms with Crippen molar-refractivity contribution < 1.29 is 6.17 Å². The lowest BCUT2D eigenvalue weighted by molar-refractivity contribution is 0.0740. The van der Waals surface area contributed by atoms with Crippen molar-refractivity contribution in [3.8, 4) is 0 Å². The highest BCUT2D eigenvalue weighted by Crippen LogP contribution is 2.15. The summed E-state index contributed by atoms with van der Waals surface area (Å²) in [6.45, 7) is 12.4. The van der Waals surface area contributed by atoms with Crippen LogP contribution in [0.1, 0.15) is 63.7 Å². The van der Waals surface area contributed by atoms with Gasteiger partial charge in [0.05, 0.1) is 11.3 Å². The average molecular weight is 331 g/mol. The van der Waals surface area contributed by atoms with Crippen molar-refractivity contribution in [3.05, 3.63) is 35.3 Å². The topological polar surface area (TPSA) is 37.6 Å². The molecule has 0 N–H and O–H groups in total. The van der Waals surface area contributed by atoms with Gasteiger partial charge in [0.1, 0.15) is 5.65 Å². The molecule has 2 aromatic rings. The van der Waals surface area contributed by atoms with E-state index < -0.39 is 0 Å². The Balaban J connectivity index is 2.28. The average Bonchev–Trinajstić information content (AvgIpc) is 2.87. The van der Waals surface area contributed by atoms with Crippen LogP contribution in [0.25, 0.3) is 5.65 Å². The Kier molecular flexibility index (Phi) is 5.54. The first-order valence-corrected chi connectivity index (χ1v) is 8.89. The van der Waals surface area contributed by atoms with Gasteiger partial charge in [-0.15, -0.1) is 0 Å². The van der Waals surface area contributed by atoms with Gasteiger partial charge >= 0.3 is 0 Å². The van der Waals surface area contributed by atoms with E-state index in [2.05, 4.69) is 32.7 Å². The van der Waals surface area contributed by atoms with Gasteiger partial charge in [-0.2, -0.15) is 0 Å². The number of amides is 1. The number of aryl methyl sites for hydroxylation is 2.